The lowest BCUT2D eigenvalue weighted by Gasteiger charge is -2.13. The van der Waals surface area contributed by atoms with Gasteiger partial charge in [-0.3, -0.25) is 4.79 Å². The van der Waals surface area contributed by atoms with Crippen LogP contribution in [0, 0.1) is 5.82 Å². The number of aromatic nitrogens is 1. The van der Waals surface area contributed by atoms with E-state index in [1.165, 1.54) is 28.8 Å². The van der Waals surface area contributed by atoms with Crippen molar-refractivity contribution in [2.75, 3.05) is 0 Å². The molecule has 1 N–H and O–H groups in total. The van der Waals surface area contributed by atoms with Crippen molar-refractivity contribution in [3.63, 3.8) is 0 Å². The first-order valence-corrected chi connectivity index (χ1v) is 7.27. The molecule has 0 saturated heterocycles. The van der Waals surface area contributed by atoms with Gasteiger partial charge in [-0.05, 0) is 35.4 Å². The van der Waals surface area contributed by atoms with E-state index in [1.54, 1.807) is 43.4 Å². The number of pyridine rings is 1. The number of benzene rings is 2. The molecule has 24 heavy (non-hydrogen) atoms. The minimum Gasteiger partial charge on any atom is -0.478 e. The molecule has 3 rings (SSSR count). The van der Waals surface area contributed by atoms with Gasteiger partial charge in [-0.25, -0.2) is 9.18 Å². The molecular formula is C19H14FNO3. The van der Waals surface area contributed by atoms with E-state index < -0.39 is 5.97 Å². The number of rotatable bonds is 3. The van der Waals surface area contributed by atoms with Crippen LogP contribution in [0.4, 0.5) is 4.39 Å². The summed E-state index contributed by atoms with van der Waals surface area (Å²) in [6.45, 7) is 0. The van der Waals surface area contributed by atoms with Crippen LogP contribution in [-0.2, 0) is 7.05 Å². The molecule has 1 aromatic heterocycles. The van der Waals surface area contributed by atoms with Crippen LogP contribution in [0.2, 0.25) is 0 Å². The summed E-state index contributed by atoms with van der Waals surface area (Å²) < 4.78 is 14.5. The van der Waals surface area contributed by atoms with Gasteiger partial charge in [0.15, 0.2) is 0 Å². The number of aromatic carboxylic acids is 1. The predicted molar refractivity (Wildman–Crippen MR) is 89.5 cm³/mol. The average molecular weight is 323 g/mol. The van der Waals surface area contributed by atoms with Crippen LogP contribution < -0.4 is 5.56 Å². The van der Waals surface area contributed by atoms with Crippen molar-refractivity contribution in [1.82, 2.24) is 4.57 Å². The van der Waals surface area contributed by atoms with Gasteiger partial charge in [-0.1, -0.05) is 30.3 Å². The van der Waals surface area contributed by atoms with Crippen molar-refractivity contribution in [3.8, 4) is 22.4 Å². The van der Waals surface area contributed by atoms with Crippen molar-refractivity contribution in [2.45, 2.75) is 0 Å². The Kier molecular flexibility index (Phi) is 4.00. The van der Waals surface area contributed by atoms with Crippen molar-refractivity contribution in [2.24, 2.45) is 7.05 Å². The van der Waals surface area contributed by atoms with Gasteiger partial charge in [0.25, 0.3) is 5.56 Å². The maximum Gasteiger partial charge on any atom is 0.336 e. The summed E-state index contributed by atoms with van der Waals surface area (Å²) >= 11 is 0. The van der Waals surface area contributed by atoms with E-state index in [-0.39, 0.29) is 16.9 Å². The van der Waals surface area contributed by atoms with Crippen LogP contribution in [0.3, 0.4) is 0 Å². The largest absolute Gasteiger partial charge is 0.478 e. The number of carbonyl (C=O) groups is 1. The number of nitrogens with zero attached hydrogens (tertiary/aromatic N) is 1. The molecule has 1 heterocycles. The molecule has 0 radical (unpaired) electrons. The lowest BCUT2D eigenvalue weighted by Crippen LogP contribution is -2.18. The monoisotopic (exact) mass is 323 g/mol. The summed E-state index contributed by atoms with van der Waals surface area (Å²) in [5.41, 5.74) is 2.07. The molecule has 0 atom stereocenters. The summed E-state index contributed by atoms with van der Waals surface area (Å²) in [6, 6.07) is 15.5. The molecule has 0 aliphatic carbocycles. The highest BCUT2D eigenvalue weighted by Crippen LogP contribution is 2.27. The fraction of sp³-hybridized carbons (Fsp3) is 0.0526. The van der Waals surface area contributed by atoms with Gasteiger partial charge in [-0.2, -0.15) is 0 Å². The normalized spacial score (nSPS) is 10.6. The lowest BCUT2D eigenvalue weighted by atomic mass is 9.99. The van der Waals surface area contributed by atoms with E-state index in [4.69, 9.17) is 0 Å². The van der Waals surface area contributed by atoms with Crippen LogP contribution in [0.1, 0.15) is 10.4 Å². The predicted octanol–water partition coefficient (Wildman–Crippen LogP) is 3.56. The third-order valence-corrected chi connectivity index (χ3v) is 3.87. The molecule has 2 aromatic carbocycles. The molecule has 0 amide bonds. The highest BCUT2D eigenvalue weighted by molar-refractivity contribution is 5.95. The van der Waals surface area contributed by atoms with E-state index in [1.807, 2.05) is 0 Å². The van der Waals surface area contributed by atoms with Crippen LogP contribution in [0.25, 0.3) is 22.4 Å². The second kappa shape index (κ2) is 6.12. The second-order valence-corrected chi connectivity index (χ2v) is 5.38. The molecular weight excluding hydrogens is 309 g/mol. The molecule has 4 nitrogen and oxygen atoms in total. The fourth-order valence-corrected chi connectivity index (χ4v) is 2.59. The number of carboxylic acids is 1. The molecule has 0 unspecified atom stereocenters. The summed E-state index contributed by atoms with van der Waals surface area (Å²) in [4.78, 5) is 23.8. The standard InChI is InChI=1S/C19H14FNO3/c1-21-17(15-4-2-3-5-16(15)19(23)24)10-13(11-18(21)22)12-6-8-14(20)9-7-12/h2-11H,1H3,(H,23,24). The van der Waals surface area contributed by atoms with Gasteiger partial charge in [0.05, 0.1) is 11.3 Å². The number of hydrogen-bond donors (Lipinski definition) is 1. The third kappa shape index (κ3) is 2.84. The Hall–Kier alpha value is -3.21. The molecule has 0 fully saturated rings. The van der Waals surface area contributed by atoms with E-state index in [9.17, 15) is 19.1 Å². The van der Waals surface area contributed by atoms with E-state index in [0.29, 0.717) is 22.4 Å². The van der Waals surface area contributed by atoms with Gasteiger partial charge in [0.1, 0.15) is 5.82 Å². The van der Waals surface area contributed by atoms with Gasteiger partial charge >= 0.3 is 5.97 Å². The Morgan fingerprint density at radius 3 is 2.33 bits per heavy atom. The molecule has 0 saturated carbocycles. The van der Waals surface area contributed by atoms with E-state index in [0.717, 1.165) is 0 Å². The zero-order valence-electron chi connectivity index (χ0n) is 12.9. The van der Waals surface area contributed by atoms with E-state index >= 15 is 0 Å². The Morgan fingerprint density at radius 1 is 1.00 bits per heavy atom. The maximum atomic E-state index is 13.1. The first-order valence-electron chi connectivity index (χ1n) is 7.27. The Labute approximate surface area is 137 Å². The fourth-order valence-electron chi connectivity index (χ4n) is 2.59. The first-order chi connectivity index (χ1) is 11.5. The maximum absolute atomic E-state index is 13.1. The smallest absolute Gasteiger partial charge is 0.336 e. The van der Waals surface area contributed by atoms with Crippen molar-refractivity contribution < 1.29 is 14.3 Å². The summed E-state index contributed by atoms with van der Waals surface area (Å²) in [5, 5.41) is 9.37. The molecule has 120 valence electrons. The Morgan fingerprint density at radius 2 is 1.67 bits per heavy atom. The molecule has 0 spiro atoms. The van der Waals surface area contributed by atoms with Crippen molar-refractivity contribution in [1.29, 1.82) is 0 Å². The minimum absolute atomic E-state index is 0.115. The van der Waals surface area contributed by atoms with E-state index in [2.05, 4.69) is 0 Å². The molecule has 3 aromatic rings. The minimum atomic E-state index is -1.06. The van der Waals surface area contributed by atoms with Crippen LogP contribution in [0.15, 0.2) is 65.5 Å². The number of halogens is 1. The van der Waals surface area contributed by atoms with Gasteiger partial charge in [-0.15, -0.1) is 0 Å². The highest BCUT2D eigenvalue weighted by Gasteiger charge is 2.15. The number of hydrogen-bond acceptors (Lipinski definition) is 2. The second-order valence-electron chi connectivity index (χ2n) is 5.38. The van der Waals surface area contributed by atoms with Crippen molar-refractivity contribution >= 4 is 5.97 Å². The average Bonchev–Trinajstić information content (AvgIpc) is 2.58. The molecule has 0 bridgehead atoms. The zero-order chi connectivity index (χ0) is 17.3. The first kappa shape index (κ1) is 15.7. The van der Waals surface area contributed by atoms with Crippen LogP contribution >= 0.6 is 0 Å². The van der Waals surface area contributed by atoms with Gasteiger partial charge < -0.3 is 9.67 Å². The van der Waals surface area contributed by atoms with Crippen molar-refractivity contribution in [3.05, 3.63) is 82.4 Å². The third-order valence-electron chi connectivity index (χ3n) is 3.87. The Balaban J connectivity index is 2.25. The topological polar surface area (TPSA) is 59.3 Å². The molecule has 5 heteroatoms. The van der Waals surface area contributed by atoms with Gasteiger partial charge in [0.2, 0.25) is 0 Å². The summed E-state index contributed by atoms with van der Waals surface area (Å²) in [6.07, 6.45) is 0. The number of carboxylic acid groups (broad SMARTS) is 1. The zero-order valence-corrected chi connectivity index (χ0v) is 12.9. The highest BCUT2D eigenvalue weighted by atomic mass is 19.1. The van der Waals surface area contributed by atoms with Crippen LogP contribution in [-0.4, -0.2) is 15.6 Å². The summed E-state index contributed by atoms with van der Waals surface area (Å²) in [7, 11) is 1.59. The quantitative estimate of drug-likeness (QED) is 0.802. The summed E-state index contributed by atoms with van der Waals surface area (Å²) in [5.74, 6) is -1.43. The molecule has 0 aliphatic heterocycles. The lowest BCUT2D eigenvalue weighted by molar-refractivity contribution is 0.0697. The Bertz CT molecular complexity index is 975. The van der Waals surface area contributed by atoms with Gasteiger partial charge in [0, 0.05) is 18.7 Å². The molecule has 0 aliphatic rings. The van der Waals surface area contributed by atoms with Crippen LogP contribution in [0.5, 0.6) is 0 Å². The SMILES string of the molecule is Cn1c(-c2ccccc2C(=O)O)cc(-c2ccc(F)cc2)cc1=O.